The Labute approximate surface area is 161 Å². The predicted molar refractivity (Wildman–Crippen MR) is 99.9 cm³/mol. The molecular weight excluding hydrogens is 396 g/mol. The van der Waals surface area contributed by atoms with Crippen molar-refractivity contribution in [3.8, 4) is 0 Å². The second-order valence-electron chi connectivity index (χ2n) is 5.57. The summed E-state index contributed by atoms with van der Waals surface area (Å²) in [5.41, 5.74) is 1.56. The molecule has 0 radical (unpaired) electrons. The molecule has 3 rings (SSSR count). The number of hydrogen-bond donors (Lipinski definition) is 4. The molecule has 2 heterocycles. The van der Waals surface area contributed by atoms with Gasteiger partial charge in [0.1, 0.15) is 6.61 Å². The molecule has 8 nitrogen and oxygen atoms in total. The van der Waals surface area contributed by atoms with Gasteiger partial charge in [-0.15, -0.1) is 11.3 Å². The van der Waals surface area contributed by atoms with Crippen LogP contribution in [-0.4, -0.2) is 43.8 Å². The molecule has 0 aliphatic carbocycles. The number of Topliss-reactive ketones (excluding diaryl/α,β-unsaturated/α-hetero) is 1. The monoisotopic (exact) mass is 408 g/mol. The zero-order chi connectivity index (χ0) is 19.7. The summed E-state index contributed by atoms with van der Waals surface area (Å²) in [5.74, 6) is -1.76. The Morgan fingerprint density at radius 2 is 1.74 bits per heavy atom. The number of amides is 1. The van der Waals surface area contributed by atoms with Crippen molar-refractivity contribution in [2.45, 2.75) is 13.2 Å². The largest absolute Gasteiger partial charge is 0.392 e. The number of hydrogen-bond acceptors (Lipinski definition) is 8. The second kappa shape index (κ2) is 7.67. The van der Waals surface area contributed by atoms with E-state index in [9.17, 15) is 29.7 Å². The number of carbonyl (C=O) groups is 3. The molecule has 4 N–H and O–H groups in total. The Kier molecular flexibility index (Phi) is 5.49. The molecule has 140 valence electrons. The van der Waals surface area contributed by atoms with Crippen LogP contribution in [0.4, 0.5) is 5.69 Å². The maximum atomic E-state index is 12.1. The van der Waals surface area contributed by atoms with Crippen LogP contribution in [0.15, 0.2) is 18.3 Å². The maximum absolute atomic E-state index is 12.1. The van der Waals surface area contributed by atoms with E-state index in [1.165, 1.54) is 6.20 Å². The normalized spacial score (nSPS) is 11.1. The van der Waals surface area contributed by atoms with Crippen molar-refractivity contribution in [1.82, 2.24) is 4.98 Å². The molecule has 3 aromatic rings. The number of pyridine rings is 1. The summed E-state index contributed by atoms with van der Waals surface area (Å²) in [6, 6.07) is 3.26. The molecule has 2 aromatic heterocycles. The highest BCUT2D eigenvalue weighted by atomic mass is 35.5. The number of halogens is 1. The molecule has 0 aliphatic heterocycles. The molecule has 0 atom stereocenters. The van der Waals surface area contributed by atoms with E-state index < -0.39 is 23.5 Å². The zero-order valence-electron chi connectivity index (χ0n) is 13.7. The fourth-order valence-corrected chi connectivity index (χ4v) is 3.95. The van der Waals surface area contributed by atoms with Crippen LogP contribution in [0.1, 0.15) is 20.8 Å². The van der Waals surface area contributed by atoms with Gasteiger partial charge in [0.25, 0.3) is 0 Å². The lowest BCUT2D eigenvalue weighted by molar-refractivity contribution is -0.130. The van der Waals surface area contributed by atoms with Crippen LogP contribution in [0.25, 0.3) is 21.0 Å². The summed E-state index contributed by atoms with van der Waals surface area (Å²) >= 11 is 6.19. The highest BCUT2D eigenvalue weighted by molar-refractivity contribution is 7.22. The van der Waals surface area contributed by atoms with E-state index in [0.717, 1.165) is 11.3 Å². The number of rotatable bonds is 6. The van der Waals surface area contributed by atoms with Crippen molar-refractivity contribution >= 4 is 66.5 Å². The summed E-state index contributed by atoms with van der Waals surface area (Å²) in [7, 11) is 0. The van der Waals surface area contributed by atoms with Crippen LogP contribution < -0.4 is 5.32 Å². The van der Waals surface area contributed by atoms with Crippen molar-refractivity contribution in [1.29, 1.82) is 0 Å². The lowest BCUT2D eigenvalue weighted by Gasteiger charge is -2.08. The number of nitrogens with zero attached hydrogens (tertiary/aromatic N) is 1. The summed E-state index contributed by atoms with van der Waals surface area (Å²) in [6.45, 7) is -1.36. The Hall–Kier alpha value is -2.43. The van der Waals surface area contributed by atoms with Gasteiger partial charge in [0, 0.05) is 21.7 Å². The number of ketones is 1. The van der Waals surface area contributed by atoms with Gasteiger partial charge in [0.05, 0.1) is 29.3 Å². The Balaban J connectivity index is 2.33. The van der Waals surface area contributed by atoms with Crippen molar-refractivity contribution in [3.63, 3.8) is 0 Å². The summed E-state index contributed by atoms with van der Waals surface area (Å²) in [5, 5.41) is 30.2. The van der Waals surface area contributed by atoms with Crippen LogP contribution in [0, 0.1) is 0 Å². The van der Waals surface area contributed by atoms with Crippen LogP contribution in [0.5, 0.6) is 0 Å². The van der Waals surface area contributed by atoms with E-state index in [1.807, 2.05) is 0 Å². The minimum absolute atomic E-state index is 0.0410. The number of thiophene rings is 1. The topological polar surface area (TPSA) is 137 Å². The minimum atomic E-state index is -1.25. The van der Waals surface area contributed by atoms with E-state index in [2.05, 4.69) is 10.3 Å². The number of fused-ring (bicyclic) bond motifs is 3. The summed E-state index contributed by atoms with van der Waals surface area (Å²) in [4.78, 5) is 39.2. The average molecular weight is 409 g/mol. The highest BCUT2D eigenvalue weighted by Crippen LogP contribution is 2.40. The molecule has 1 aromatic carbocycles. The minimum Gasteiger partial charge on any atom is -0.392 e. The zero-order valence-corrected chi connectivity index (χ0v) is 15.2. The third-order valence-corrected chi connectivity index (χ3v) is 5.45. The molecule has 0 fully saturated rings. The van der Waals surface area contributed by atoms with E-state index in [-0.39, 0.29) is 23.8 Å². The first-order valence-electron chi connectivity index (χ1n) is 7.64. The smallest absolute Gasteiger partial charge is 0.310 e. The van der Waals surface area contributed by atoms with Crippen molar-refractivity contribution in [2.24, 2.45) is 0 Å². The molecule has 10 heteroatoms. The fraction of sp³-hybridized carbons (Fsp3) is 0.176. The number of aliphatic hydroxyl groups excluding tert-OH is 3. The van der Waals surface area contributed by atoms with E-state index in [4.69, 9.17) is 11.6 Å². The second-order valence-corrected chi connectivity index (χ2v) is 6.93. The predicted octanol–water partition coefficient (Wildman–Crippen LogP) is 1.31. The number of nitrogens with one attached hydrogen (secondary N) is 1. The number of benzene rings is 1. The average Bonchev–Trinajstić information content (AvgIpc) is 3.04. The molecule has 0 unspecified atom stereocenters. The fourth-order valence-electron chi connectivity index (χ4n) is 2.72. The highest BCUT2D eigenvalue weighted by Gasteiger charge is 2.23. The van der Waals surface area contributed by atoms with Gasteiger partial charge >= 0.3 is 11.1 Å². The van der Waals surface area contributed by atoms with Crippen LogP contribution in [0.2, 0.25) is 0 Å². The van der Waals surface area contributed by atoms with Gasteiger partial charge in [-0.05, 0) is 34.9 Å². The first kappa shape index (κ1) is 19.3. The van der Waals surface area contributed by atoms with Crippen molar-refractivity contribution < 1.29 is 29.7 Å². The van der Waals surface area contributed by atoms with Gasteiger partial charge < -0.3 is 20.6 Å². The third kappa shape index (κ3) is 3.43. The van der Waals surface area contributed by atoms with Crippen LogP contribution in [0.3, 0.4) is 0 Å². The van der Waals surface area contributed by atoms with Gasteiger partial charge in [-0.25, -0.2) is 0 Å². The van der Waals surface area contributed by atoms with Gasteiger partial charge in [-0.3, -0.25) is 19.4 Å². The molecule has 1 amide bonds. The first-order chi connectivity index (χ1) is 12.9. The number of anilines is 1. The van der Waals surface area contributed by atoms with Gasteiger partial charge in [0.15, 0.2) is 5.78 Å². The van der Waals surface area contributed by atoms with Gasteiger partial charge in [-0.2, -0.15) is 0 Å². The number of aromatic nitrogens is 1. The number of carbonyl (C=O) groups excluding carboxylic acids is 3. The lowest BCUT2D eigenvalue weighted by atomic mass is 10.0. The molecule has 0 saturated heterocycles. The standard InChI is InChI=1S/C17H13ClN2O6S/c18-16(25)17(26)20-13-10-3-19-11-2-8(5-22)7(4-21)1-9(11)14(10)27-15(13)12(24)6-23/h1-3,21-23H,4-6H2,(H,20,26). The summed E-state index contributed by atoms with van der Waals surface area (Å²) < 4.78 is 0.563. The molecular formula is C17H13ClN2O6S. The van der Waals surface area contributed by atoms with E-state index in [1.54, 1.807) is 12.1 Å². The third-order valence-electron chi connectivity index (χ3n) is 4.00. The van der Waals surface area contributed by atoms with Crippen LogP contribution in [-0.2, 0) is 22.8 Å². The Morgan fingerprint density at radius 3 is 2.33 bits per heavy atom. The SMILES string of the molecule is O=C(Cl)C(=O)Nc1c(C(=O)CO)sc2c1cnc1cc(CO)c(CO)cc12. The van der Waals surface area contributed by atoms with Gasteiger partial charge in [-0.1, -0.05) is 0 Å². The molecule has 0 bridgehead atoms. The van der Waals surface area contributed by atoms with E-state index in [0.29, 0.717) is 32.1 Å². The lowest BCUT2D eigenvalue weighted by Crippen LogP contribution is -2.19. The Morgan fingerprint density at radius 1 is 1.07 bits per heavy atom. The molecule has 0 aliphatic rings. The number of aliphatic hydroxyl groups is 3. The first-order valence-corrected chi connectivity index (χ1v) is 8.84. The maximum Gasteiger partial charge on any atom is 0.310 e. The van der Waals surface area contributed by atoms with Gasteiger partial charge in [0.2, 0.25) is 0 Å². The van der Waals surface area contributed by atoms with Crippen LogP contribution >= 0.6 is 22.9 Å². The molecule has 27 heavy (non-hydrogen) atoms. The molecule has 0 spiro atoms. The molecule has 0 saturated carbocycles. The Bertz CT molecular complexity index is 1090. The quantitative estimate of drug-likeness (QED) is 0.274. The van der Waals surface area contributed by atoms with Crippen molar-refractivity contribution in [3.05, 3.63) is 34.3 Å². The van der Waals surface area contributed by atoms with Crippen molar-refractivity contribution in [2.75, 3.05) is 11.9 Å². The van der Waals surface area contributed by atoms with E-state index >= 15 is 0 Å². The summed E-state index contributed by atoms with van der Waals surface area (Å²) in [6.07, 6.45) is 1.41.